The summed E-state index contributed by atoms with van der Waals surface area (Å²) in [5.41, 5.74) is 9.32. The molecule has 5 aromatic carbocycles. The third-order valence-corrected chi connectivity index (χ3v) is 7.61. The van der Waals surface area contributed by atoms with Crippen molar-refractivity contribution in [3.8, 4) is 34.7 Å². The number of nitriles is 2. The van der Waals surface area contributed by atoms with Crippen molar-refractivity contribution in [2.24, 2.45) is 0 Å². The average molecular weight is 541 g/mol. The monoisotopic (exact) mass is 540 g/mol. The van der Waals surface area contributed by atoms with Crippen molar-refractivity contribution in [3.63, 3.8) is 0 Å². The van der Waals surface area contributed by atoms with Gasteiger partial charge in [-0.2, -0.15) is 10.5 Å². The molecular weight excluding hydrogens is 516 g/mol. The van der Waals surface area contributed by atoms with Crippen LogP contribution in [0.4, 0.5) is 34.1 Å². The van der Waals surface area contributed by atoms with Crippen molar-refractivity contribution >= 4 is 44.9 Å². The molecule has 2 heterocycles. The van der Waals surface area contributed by atoms with Gasteiger partial charge in [-0.15, -0.1) is 0 Å². The topological polar surface area (TPSA) is 79.8 Å². The van der Waals surface area contributed by atoms with Gasteiger partial charge in [-0.3, -0.25) is 0 Å². The van der Waals surface area contributed by atoms with Crippen molar-refractivity contribution in [2.75, 3.05) is 9.80 Å². The first-order valence-corrected chi connectivity index (χ1v) is 13.9. The molecule has 0 spiro atoms. The number of benzene rings is 5. The van der Waals surface area contributed by atoms with E-state index in [9.17, 15) is 10.5 Å². The Balaban J connectivity index is 0.00000141. The summed E-state index contributed by atoms with van der Waals surface area (Å²) in [6, 6.07) is 41.6. The second-order valence-corrected chi connectivity index (χ2v) is 9.69. The number of para-hydroxylation sites is 5. The Bertz CT molecular complexity index is 2060. The molecular formula is C36H24N6. The molecule has 198 valence electrons. The Kier molecular flexibility index (Phi) is 5.89. The number of rotatable bonds is 2. The fraction of sp³-hybridized carbons (Fsp3) is 0.0556. The summed E-state index contributed by atoms with van der Waals surface area (Å²) in [5, 5.41) is 21.5. The van der Waals surface area contributed by atoms with E-state index in [0.29, 0.717) is 11.4 Å². The molecule has 0 radical (unpaired) electrons. The Morgan fingerprint density at radius 3 is 1.67 bits per heavy atom. The lowest BCUT2D eigenvalue weighted by Gasteiger charge is -2.40. The highest BCUT2D eigenvalue weighted by Gasteiger charge is 2.35. The molecule has 0 amide bonds. The second-order valence-electron chi connectivity index (χ2n) is 9.69. The van der Waals surface area contributed by atoms with Crippen LogP contribution in [0, 0.1) is 22.7 Å². The normalized spacial score (nSPS) is 11.9. The summed E-state index contributed by atoms with van der Waals surface area (Å²) in [6.45, 7) is 4.00. The highest BCUT2D eigenvalue weighted by atomic mass is 15.3. The standard InChI is InChI=1S/C34H18N6.C2H6/c35-19-24-25(20-36)38-34-32-30(18-17-21-9-8-12-23(31(21)32)33(34)37-24)40-28-15-6-4-13-26(28)39(22-10-2-1-3-11-22)27-14-5-7-16-29(27)40;1-2/h1-18H;1-2H3. The van der Waals surface area contributed by atoms with Gasteiger partial charge in [0.05, 0.1) is 34.1 Å². The van der Waals surface area contributed by atoms with Gasteiger partial charge in [-0.25, -0.2) is 9.97 Å². The van der Waals surface area contributed by atoms with Gasteiger partial charge in [-0.1, -0.05) is 80.6 Å². The molecule has 0 saturated heterocycles. The molecule has 6 aromatic rings. The highest BCUT2D eigenvalue weighted by molar-refractivity contribution is 6.19. The molecule has 0 unspecified atom stereocenters. The molecule has 1 aromatic heterocycles. The van der Waals surface area contributed by atoms with E-state index in [2.05, 4.69) is 112 Å². The van der Waals surface area contributed by atoms with Gasteiger partial charge >= 0.3 is 0 Å². The molecule has 1 aliphatic carbocycles. The van der Waals surface area contributed by atoms with Crippen LogP contribution in [0.2, 0.25) is 0 Å². The Morgan fingerprint density at radius 2 is 1.07 bits per heavy atom. The molecule has 42 heavy (non-hydrogen) atoms. The third kappa shape index (κ3) is 3.49. The second kappa shape index (κ2) is 9.89. The fourth-order valence-electron chi connectivity index (χ4n) is 6.00. The number of nitrogens with zero attached hydrogens (tertiary/aromatic N) is 6. The number of fused-ring (bicyclic) bond motifs is 5. The first-order valence-electron chi connectivity index (χ1n) is 13.9. The average Bonchev–Trinajstić information content (AvgIpc) is 3.39. The van der Waals surface area contributed by atoms with Crippen molar-refractivity contribution in [1.82, 2.24) is 9.97 Å². The van der Waals surface area contributed by atoms with Gasteiger partial charge in [-0.05, 0) is 47.9 Å². The molecule has 0 saturated carbocycles. The van der Waals surface area contributed by atoms with Crippen molar-refractivity contribution in [1.29, 1.82) is 10.5 Å². The quantitative estimate of drug-likeness (QED) is 0.217. The van der Waals surface area contributed by atoms with Gasteiger partial charge in [0.2, 0.25) is 0 Å². The van der Waals surface area contributed by atoms with Crippen molar-refractivity contribution < 1.29 is 0 Å². The van der Waals surface area contributed by atoms with Crippen molar-refractivity contribution in [2.45, 2.75) is 13.8 Å². The van der Waals surface area contributed by atoms with Crippen LogP contribution in [-0.4, -0.2) is 9.97 Å². The predicted molar refractivity (Wildman–Crippen MR) is 168 cm³/mol. The Hall–Kier alpha value is -5.98. The van der Waals surface area contributed by atoms with E-state index < -0.39 is 0 Å². The summed E-state index contributed by atoms with van der Waals surface area (Å²) >= 11 is 0. The number of aromatic nitrogens is 2. The van der Waals surface area contributed by atoms with E-state index in [-0.39, 0.29) is 11.4 Å². The first-order chi connectivity index (χ1) is 20.8. The van der Waals surface area contributed by atoms with Crippen LogP contribution in [0.3, 0.4) is 0 Å². The van der Waals surface area contributed by atoms with Gasteiger partial charge in [0.15, 0.2) is 11.4 Å². The van der Waals surface area contributed by atoms with E-state index in [0.717, 1.165) is 56.0 Å². The minimum Gasteiger partial charge on any atom is -0.306 e. The lowest BCUT2D eigenvalue weighted by Crippen LogP contribution is -2.24. The molecule has 6 heteroatoms. The number of hydrogen-bond donors (Lipinski definition) is 0. The van der Waals surface area contributed by atoms with Crippen molar-refractivity contribution in [3.05, 3.63) is 121 Å². The minimum absolute atomic E-state index is 0.0340. The van der Waals surface area contributed by atoms with Gasteiger partial charge in [0.25, 0.3) is 0 Å². The molecule has 8 rings (SSSR count). The predicted octanol–water partition coefficient (Wildman–Crippen LogP) is 9.30. The van der Waals surface area contributed by atoms with Crippen LogP contribution >= 0.6 is 0 Å². The lowest BCUT2D eigenvalue weighted by atomic mass is 9.99. The smallest absolute Gasteiger partial charge is 0.177 e. The third-order valence-electron chi connectivity index (χ3n) is 7.61. The van der Waals surface area contributed by atoms with Gasteiger partial charge in [0.1, 0.15) is 17.8 Å². The summed E-state index contributed by atoms with van der Waals surface area (Å²) in [5.74, 6) is 0. The SMILES string of the molecule is CC.N#Cc1nc2c(nc1C#N)-c1c(N3c4ccccc4N(c4ccccc4)c4ccccc43)ccc3cccc-2c13. The van der Waals surface area contributed by atoms with Gasteiger partial charge in [0, 0.05) is 22.2 Å². The molecule has 2 aliphatic rings. The van der Waals surface area contributed by atoms with Gasteiger partial charge < -0.3 is 9.80 Å². The fourth-order valence-corrected chi connectivity index (χ4v) is 6.00. The molecule has 0 atom stereocenters. The maximum atomic E-state index is 9.79. The van der Waals surface area contributed by atoms with Crippen LogP contribution < -0.4 is 9.80 Å². The van der Waals surface area contributed by atoms with E-state index in [4.69, 9.17) is 4.98 Å². The number of anilines is 6. The highest BCUT2D eigenvalue weighted by Crippen LogP contribution is 2.58. The molecule has 0 bridgehead atoms. The molecule has 0 fully saturated rings. The summed E-state index contributed by atoms with van der Waals surface area (Å²) in [4.78, 5) is 13.9. The summed E-state index contributed by atoms with van der Waals surface area (Å²) in [7, 11) is 0. The van der Waals surface area contributed by atoms with Crippen LogP contribution in [0.15, 0.2) is 109 Å². The summed E-state index contributed by atoms with van der Waals surface area (Å²) in [6.07, 6.45) is 0. The van der Waals surface area contributed by atoms with E-state index in [1.807, 2.05) is 38.1 Å². The molecule has 1 aliphatic heterocycles. The maximum Gasteiger partial charge on any atom is 0.177 e. The Morgan fingerprint density at radius 1 is 0.524 bits per heavy atom. The van der Waals surface area contributed by atoms with Crippen LogP contribution in [0.1, 0.15) is 25.2 Å². The zero-order chi connectivity index (χ0) is 28.8. The molecule has 6 nitrogen and oxygen atoms in total. The Labute approximate surface area is 244 Å². The van der Waals surface area contributed by atoms with E-state index >= 15 is 0 Å². The lowest BCUT2D eigenvalue weighted by molar-refractivity contribution is 1.14. The van der Waals surface area contributed by atoms with Crippen LogP contribution in [0.25, 0.3) is 33.3 Å². The zero-order valence-corrected chi connectivity index (χ0v) is 23.1. The maximum absolute atomic E-state index is 9.79. The minimum atomic E-state index is 0.0340. The van der Waals surface area contributed by atoms with E-state index in [1.54, 1.807) is 0 Å². The van der Waals surface area contributed by atoms with E-state index in [1.165, 1.54) is 0 Å². The summed E-state index contributed by atoms with van der Waals surface area (Å²) < 4.78 is 0. The van der Waals surface area contributed by atoms with Crippen LogP contribution in [0.5, 0.6) is 0 Å². The zero-order valence-electron chi connectivity index (χ0n) is 23.1. The van der Waals surface area contributed by atoms with Crippen LogP contribution in [-0.2, 0) is 0 Å². The molecule has 0 N–H and O–H groups in total. The number of hydrogen-bond acceptors (Lipinski definition) is 6. The largest absolute Gasteiger partial charge is 0.306 e. The first kappa shape index (κ1) is 25.0.